The molecular formula is C12H16N4O2Si. The monoisotopic (exact) mass is 276 g/mol. The summed E-state index contributed by atoms with van der Waals surface area (Å²) < 4.78 is 1.49. The van der Waals surface area contributed by atoms with E-state index in [0.29, 0.717) is 5.69 Å². The molecule has 0 spiro atoms. The van der Waals surface area contributed by atoms with Crippen molar-refractivity contribution in [2.24, 2.45) is 0 Å². The molecule has 0 saturated heterocycles. The summed E-state index contributed by atoms with van der Waals surface area (Å²) in [4.78, 5) is 10.7. The van der Waals surface area contributed by atoms with Crippen LogP contribution in [0.15, 0.2) is 24.4 Å². The van der Waals surface area contributed by atoms with E-state index in [2.05, 4.69) is 30.0 Å². The van der Waals surface area contributed by atoms with E-state index in [1.165, 1.54) is 4.68 Å². The van der Waals surface area contributed by atoms with E-state index in [4.69, 9.17) is 0 Å². The predicted octanol–water partition coefficient (Wildman–Crippen LogP) is 2.03. The molecule has 0 N–H and O–H groups in total. The molecule has 0 unspecified atom stereocenters. The lowest BCUT2D eigenvalue weighted by molar-refractivity contribution is -0.384. The van der Waals surface area contributed by atoms with E-state index < -0.39 is 13.0 Å². The van der Waals surface area contributed by atoms with Crippen LogP contribution in [0.3, 0.4) is 0 Å². The molecule has 1 aromatic heterocycles. The minimum absolute atomic E-state index is 0.0482. The first-order chi connectivity index (χ1) is 8.79. The number of nitro benzene ring substituents is 1. The van der Waals surface area contributed by atoms with E-state index in [0.717, 1.165) is 10.9 Å². The van der Waals surface area contributed by atoms with Gasteiger partial charge in [-0.3, -0.25) is 10.1 Å². The van der Waals surface area contributed by atoms with Crippen LogP contribution >= 0.6 is 0 Å². The van der Waals surface area contributed by atoms with Crippen LogP contribution in [-0.2, 0) is 0 Å². The zero-order valence-corrected chi connectivity index (χ0v) is 12.4. The Morgan fingerprint density at radius 2 is 2.00 bits per heavy atom. The Balaban J connectivity index is 2.53. The van der Waals surface area contributed by atoms with Gasteiger partial charge in [-0.15, -0.1) is 5.10 Å². The van der Waals surface area contributed by atoms with E-state index in [1.54, 1.807) is 18.3 Å². The molecule has 0 aliphatic carbocycles. The Bertz CT molecular complexity index is 631. The number of rotatable bonds is 3. The van der Waals surface area contributed by atoms with Crippen molar-refractivity contribution in [1.82, 2.24) is 15.0 Å². The van der Waals surface area contributed by atoms with Crippen molar-refractivity contribution in [1.29, 1.82) is 0 Å². The molecule has 100 valence electrons. The number of hydrogen-bond donors (Lipinski definition) is 0. The highest BCUT2D eigenvalue weighted by atomic mass is 28.3. The molecule has 2 rings (SSSR count). The van der Waals surface area contributed by atoms with Crippen LogP contribution in [0, 0.1) is 17.0 Å². The first-order valence-corrected chi connectivity index (χ1v) is 9.47. The molecule has 0 amide bonds. The van der Waals surface area contributed by atoms with Gasteiger partial charge >= 0.3 is 0 Å². The Hall–Kier alpha value is -2.02. The molecule has 6 nitrogen and oxygen atoms in total. The van der Waals surface area contributed by atoms with Gasteiger partial charge in [-0.1, -0.05) is 30.9 Å². The number of aryl methyl sites for hydroxylation is 1. The molecule has 19 heavy (non-hydrogen) atoms. The van der Waals surface area contributed by atoms with Gasteiger partial charge in [0.25, 0.3) is 5.69 Å². The lowest BCUT2D eigenvalue weighted by atomic mass is 10.2. The quantitative estimate of drug-likeness (QED) is 0.488. The molecule has 0 atom stereocenters. The minimum atomic E-state index is -1.57. The highest BCUT2D eigenvalue weighted by Gasteiger charge is 2.23. The van der Waals surface area contributed by atoms with Crippen LogP contribution < -0.4 is 5.32 Å². The third-order valence-corrected chi connectivity index (χ3v) is 4.60. The molecule has 0 saturated carbocycles. The second-order valence-electron chi connectivity index (χ2n) is 5.55. The Labute approximate surface area is 112 Å². The van der Waals surface area contributed by atoms with E-state index >= 15 is 0 Å². The Kier molecular flexibility index (Phi) is 3.23. The van der Waals surface area contributed by atoms with E-state index in [-0.39, 0.29) is 5.69 Å². The zero-order valence-electron chi connectivity index (χ0n) is 11.4. The largest absolute Gasteiger partial charge is 0.295 e. The molecule has 1 aromatic carbocycles. The minimum Gasteiger partial charge on any atom is -0.258 e. The molecule has 0 aliphatic rings. The van der Waals surface area contributed by atoms with Crippen molar-refractivity contribution in [3.63, 3.8) is 0 Å². The SMILES string of the molecule is Cc1ccc(-n2cc([Si](C)(C)C)nn2)c([N+](=O)[O-])c1. The highest BCUT2D eigenvalue weighted by molar-refractivity contribution is 6.88. The average Bonchev–Trinajstić information content (AvgIpc) is 2.77. The third-order valence-electron chi connectivity index (χ3n) is 2.84. The smallest absolute Gasteiger partial charge is 0.258 e. The fourth-order valence-corrected chi connectivity index (χ4v) is 2.55. The predicted molar refractivity (Wildman–Crippen MR) is 75.7 cm³/mol. The number of benzene rings is 1. The van der Waals surface area contributed by atoms with Gasteiger partial charge in [-0.25, -0.2) is 4.68 Å². The van der Waals surface area contributed by atoms with Gasteiger partial charge in [0.2, 0.25) is 0 Å². The van der Waals surface area contributed by atoms with Crippen molar-refractivity contribution >= 4 is 19.1 Å². The number of nitrogens with zero attached hydrogens (tertiary/aromatic N) is 4. The van der Waals surface area contributed by atoms with Crippen LogP contribution in [0.2, 0.25) is 19.6 Å². The van der Waals surface area contributed by atoms with E-state index in [9.17, 15) is 10.1 Å². The summed E-state index contributed by atoms with van der Waals surface area (Å²) in [6, 6.07) is 5.08. The molecule has 2 aromatic rings. The van der Waals surface area contributed by atoms with E-state index in [1.807, 2.05) is 13.0 Å². The van der Waals surface area contributed by atoms with Crippen LogP contribution in [0.1, 0.15) is 5.56 Å². The fraction of sp³-hybridized carbons (Fsp3) is 0.333. The number of hydrogen-bond acceptors (Lipinski definition) is 4. The molecular weight excluding hydrogens is 260 g/mol. The summed E-state index contributed by atoms with van der Waals surface area (Å²) in [5.74, 6) is 0. The van der Waals surface area contributed by atoms with Gasteiger partial charge in [0, 0.05) is 6.07 Å². The van der Waals surface area contributed by atoms with Gasteiger partial charge in [0.15, 0.2) is 0 Å². The van der Waals surface area contributed by atoms with Gasteiger partial charge in [-0.05, 0) is 18.6 Å². The van der Waals surface area contributed by atoms with Crippen LogP contribution in [0.5, 0.6) is 0 Å². The number of nitro groups is 1. The number of aromatic nitrogens is 3. The van der Waals surface area contributed by atoms with Crippen LogP contribution in [0.25, 0.3) is 5.69 Å². The second kappa shape index (κ2) is 4.58. The first-order valence-electron chi connectivity index (χ1n) is 5.97. The molecule has 7 heteroatoms. The summed E-state index contributed by atoms with van der Waals surface area (Å²) in [5, 5.41) is 20.2. The van der Waals surface area contributed by atoms with Crippen molar-refractivity contribution in [3.05, 3.63) is 40.1 Å². The summed E-state index contributed by atoms with van der Waals surface area (Å²) in [6.45, 7) is 8.30. The standard InChI is InChI=1S/C12H16N4O2Si/c1-9-5-6-10(11(7-9)16(17)18)15-8-12(13-14-15)19(2,3)4/h5-8H,1-4H3. The highest BCUT2D eigenvalue weighted by Crippen LogP contribution is 2.23. The zero-order chi connectivity index (χ0) is 14.2. The molecule has 0 bridgehead atoms. The van der Waals surface area contributed by atoms with Gasteiger partial charge in [0.1, 0.15) is 13.8 Å². The molecule has 0 radical (unpaired) electrons. The maximum Gasteiger partial charge on any atom is 0.295 e. The lowest BCUT2D eigenvalue weighted by Crippen LogP contribution is -2.38. The fourth-order valence-electron chi connectivity index (χ4n) is 1.70. The van der Waals surface area contributed by atoms with Crippen molar-refractivity contribution < 1.29 is 4.92 Å². The topological polar surface area (TPSA) is 73.8 Å². The summed E-state index contributed by atoms with van der Waals surface area (Å²) in [6.07, 6.45) is 1.80. The summed E-state index contributed by atoms with van der Waals surface area (Å²) in [7, 11) is -1.57. The maximum atomic E-state index is 11.1. The van der Waals surface area contributed by atoms with Crippen molar-refractivity contribution in [2.45, 2.75) is 26.6 Å². The lowest BCUT2D eigenvalue weighted by Gasteiger charge is -2.09. The summed E-state index contributed by atoms with van der Waals surface area (Å²) in [5.41, 5.74) is 1.35. The maximum absolute atomic E-state index is 11.1. The van der Waals surface area contributed by atoms with Crippen molar-refractivity contribution in [2.75, 3.05) is 0 Å². The summed E-state index contributed by atoms with van der Waals surface area (Å²) >= 11 is 0. The third kappa shape index (κ3) is 2.70. The van der Waals surface area contributed by atoms with Crippen molar-refractivity contribution in [3.8, 4) is 5.69 Å². The average molecular weight is 276 g/mol. The Morgan fingerprint density at radius 1 is 1.32 bits per heavy atom. The molecule has 1 heterocycles. The van der Waals surface area contributed by atoms with Gasteiger partial charge < -0.3 is 0 Å². The molecule has 0 aliphatic heterocycles. The normalized spacial score (nSPS) is 11.6. The van der Waals surface area contributed by atoms with Gasteiger partial charge in [-0.2, -0.15) is 0 Å². The van der Waals surface area contributed by atoms with Crippen LogP contribution in [0.4, 0.5) is 5.69 Å². The molecule has 0 fully saturated rings. The first kappa shape index (κ1) is 13.4. The second-order valence-corrected chi connectivity index (χ2v) is 10.6. The van der Waals surface area contributed by atoms with Gasteiger partial charge in [0.05, 0.1) is 16.4 Å². The Morgan fingerprint density at radius 3 is 2.53 bits per heavy atom. The van der Waals surface area contributed by atoms with Crippen LogP contribution in [-0.4, -0.2) is 28.0 Å².